The predicted octanol–water partition coefficient (Wildman–Crippen LogP) is 3.66. The molecule has 3 N–H and O–H groups in total. The number of rotatable bonds is 10. The summed E-state index contributed by atoms with van der Waals surface area (Å²) < 4.78 is 16.8. The Kier molecular flexibility index (Phi) is 8.00. The number of aliphatic hydroxyl groups excluding tert-OH is 1. The van der Waals surface area contributed by atoms with Crippen LogP contribution in [0.15, 0.2) is 28.8 Å². The van der Waals surface area contributed by atoms with Crippen LogP contribution < -0.4 is 15.4 Å². The van der Waals surface area contributed by atoms with Crippen LogP contribution in [0.5, 0.6) is 5.75 Å². The molecule has 9 heteroatoms. The van der Waals surface area contributed by atoms with Crippen LogP contribution in [0.25, 0.3) is 22.6 Å². The second-order valence-electron chi connectivity index (χ2n) is 9.13. The van der Waals surface area contributed by atoms with E-state index in [0.29, 0.717) is 18.1 Å². The molecule has 188 valence electrons. The van der Waals surface area contributed by atoms with Crippen LogP contribution >= 0.6 is 0 Å². The number of ether oxygens (including phenoxy) is 2. The topological polar surface area (TPSA) is 115 Å². The lowest BCUT2D eigenvalue weighted by molar-refractivity contribution is 0.108. The van der Waals surface area contributed by atoms with Crippen LogP contribution in [-0.2, 0) is 4.74 Å². The van der Waals surface area contributed by atoms with Crippen molar-refractivity contribution in [1.29, 1.82) is 0 Å². The molecular weight excluding hydrogens is 446 g/mol. The Morgan fingerprint density at radius 2 is 2.03 bits per heavy atom. The van der Waals surface area contributed by atoms with E-state index in [0.717, 1.165) is 58.9 Å². The number of aliphatic hydroxyl groups is 1. The van der Waals surface area contributed by atoms with Gasteiger partial charge in [0, 0.05) is 30.8 Å². The fraction of sp³-hybridized carbons (Fsp3) is 0.500. The van der Waals surface area contributed by atoms with Crippen LogP contribution in [0.1, 0.15) is 36.3 Å². The number of hydrogen-bond donors (Lipinski definition) is 3. The van der Waals surface area contributed by atoms with Gasteiger partial charge in [0.2, 0.25) is 0 Å². The Morgan fingerprint density at radius 3 is 2.71 bits per heavy atom. The van der Waals surface area contributed by atoms with E-state index >= 15 is 0 Å². The van der Waals surface area contributed by atoms with Gasteiger partial charge in [-0.3, -0.25) is 0 Å². The second kappa shape index (κ2) is 11.2. The number of nitrogens with one attached hydrogen (secondary N) is 2. The smallest absolute Gasteiger partial charge is 0.162 e. The van der Waals surface area contributed by atoms with E-state index in [1.54, 1.807) is 14.2 Å². The summed E-state index contributed by atoms with van der Waals surface area (Å²) >= 11 is 0. The summed E-state index contributed by atoms with van der Waals surface area (Å²) in [4.78, 5) is 9.87. The highest BCUT2D eigenvalue weighted by Gasteiger charge is 2.27. The van der Waals surface area contributed by atoms with Crippen molar-refractivity contribution in [2.24, 2.45) is 0 Å². The predicted molar refractivity (Wildman–Crippen MR) is 135 cm³/mol. The molecular formula is C26H35N5O4. The van der Waals surface area contributed by atoms with Crippen molar-refractivity contribution < 1.29 is 19.1 Å². The average Bonchev–Trinajstić information content (AvgIpc) is 3.45. The highest BCUT2D eigenvalue weighted by molar-refractivity contribution is 5.74. The zero-order chi connectivity index (χ0) is 24.9. The molecule has 0 aliphatic heterocycles. The first-order valence-corrected chi connectivity index (χ1v) is 12.1. The van der Waals surface area contributed by atoms with E-state index < -0.39 is 6.10 Å². The van der Waals surface area contributed by atoms with E-state index in [1.165, 1.54) is 0 Å². The maximum atomic E-state index is 9.99. The molecule has 1 aliphatic carbocycles. The SMILES string of the molecule is CNCC(O)COc1cccc(-c2nc(N[C@H]3CC[C@H](OC)C3)c(C)c(-c3c(C)noc3C)n2)c1. The van der Waals surface area contributed by atoms with Gasteiger partial charge in [-0.05, 0) is 59.2 Å². The number of hydrogen-bond acceptors (Lipinski definition) is 9. The summed E-state index contributed by atoms with van der Waals surface area (Å²) in [6, 6.07) is 7.90. The van der Waals surface area contributed by atoms with Gasteiger partial charge >= 0.3 is 0 Å². The third-order valence-electron chi connectivity index (χ3n) is 6.45. The lowest BCUT2D eigenvalue weighted by Crippen LogP contribution is -2.29. The van der Waals surface area contributed by atoms with Gasteiger partial charge in [0.15, 0.2) is 5.82 Å². The lowest BCUT2D eigenvalue weighted by Gasteiger charge is -2.18. The molecule has 0 spiro atoms. The van der Waals surface area contributed by atoms with E-state index in [4.69, 9.17) is 24.0 Å². The van der Waals surface area contributed by atoms with E-state index in [2.05, 4.69) is 15.8 Å². The molecule has 3 atom stereocenters. The maximum Gasteiger partial charge on any atom is 0.162 e. The summed E-state index contributed by atoms with van der Waals surface area (Å²) in [6.45, 7) is 6.50. The average molecular weight is 482 g/mol. The van der Waals surface area contributed by atoms with Crippen LogP contribution in [0.2, 0.25) is 0 Å². The van der Waals surface area contributed by atoms with Gasteiger partial charge in [0.1, 0.15) is 30.0 Å². The first kappa shape index (κ1) is 25.1. The minimum atomic E-state index is -0.594. The molecule has 0 amide bonds. The molecule has 1 fully saturated rings. The minimum absolute atomic E-state index is 0.193. The monoisotopic (exact) mass is 481 g/mol. The largest absolute Gasteiger partial charge is 0.491 e. The Hall–Kier alpha value is -3.01. The normalized spacial score (nSPS) is 18.6. The molecule has 0 saturated heterocycles. The summed E-state index contributed by atoms with van der Waals surface area (Å²) in [6.07, 6.45) is 2.66. The van der Waals surface area contributed by atoms with E-state index in [9.17, 15) is 5.11 Å². The van der Waals surface area contributed by atoms with Gasteiger partial charge in [-0.15, -0.1) is 0 Å². The Bertz CT molecular complexity index is 1130. The molecule has 2 heterocycles. The third-order valence-corrected chi connectivity index (χ3v) is 6.45. The Morgan fingerprint density at radius 1 is 1.20 bits per heavy atom. The van der Waals surface area contributed by atoms with Crippen LogP contribution in [-0.4, -0.2) is 65.8 Å². The van der Waals surface area contributed by atoms with Crippen molar-refractivity contribution in [2.45, 2.75) is 58.3 Å². The summed E-state index contributed by atoms with van der Waals surface area (Å²) in [5, 5.41) is 20.7. The molecule has 2 aromatic heterocycles. The van der Waals surface area contributed by atoms with Crippen LogP contribution in [0, 0.1) is 20.8 Å². The first-order valence-electron chi connectivity index (χ1n) is 12.1. The number of methoxy groups -OCH3 is 1. The quantitative estimate of drug-likeness (QED) is 0.399. The highest BCUT2D eigenvalue weighted by atomic mass is 16.5. The van der Waals surface area contributed by atoms with Gasteiger partial charge in [0.25, 0.3) is 0 Å². The maximum absolute atomic E-state index is 9.99. The summed E-state index contributed by atoms with van der Waals surface area (Å²) in [5.74, 6) is 2.74. The molecule has 1 unspecified atom stereocenters. The minimum Gasteiger partial charge on any atom is -0.491 e. The molecule has 9 nitrogen and oxygen atoms in total. The molecule has 1 aromatic carbocycles. The van der Waals surface area contributed by atoms with Crippen molar-refractivity contribution in [3.63, 3.8) is 0 Å². The second-order valence-corrected chi connectivity index (χ2v) is 9.13. The molecule has 4 rings (SSSR count). The number of nitrogens with zero attached hydrogens (tertiary/aromatic N) is 3. The van der Waals surface area contributed by atoms with Gasteiger partial charge < -0.3 is 29.7 Å². The van der Waals surface area contributed by atoms with Gasteiger partial charge in [-0.1, -0.05) is 17.3 Å². The van der Waals surface area contributed by atoms with Gasteiger partial charge in [0.05, 0.1) is 23.1 Å². The van der Waals surface area contributed by atoms with Crippen molar-refractivity contribution in [3.8, 4) is 28.4 Å². The van der Waals surface area contributed by atoms with Crippen LogP contribution in [0.3, 0.4) is 0 Å². The summed E-state index contributed by atoms with van der Waals surface area (Å²) in [7, 11) is 3.56. The lowest BCUT2D eigenvalue weighted by atomic mass is 10.0. The Labute approximate surface area is 206 Å². The first-order chi connectivity index (χ1) is 16.9. The van der Waals surface area contributed by atoms with Gasteiger partial charge in [-0.25, -0.2) is 9.97 Å². The van der Waals surface area contributed by atoms with Crippen molar-refractivity contribution in [1.82, 2.24) is 20.4 Å². The molecule has 0 bridgehead atoms. The number of benzene rings is 1. The number of likely N-dealkylation sites (N-methyl/N-ethyl adjacent to an activating group) is 1. The fourth-order valence-corrected chi connectivity index (χ4v) is 4.54. The zero-order valence-electron chi connectivity index (χ0n) is 21.1. The molecule has 35 heavy (non-hydrogen) atoms. The number of aryl methyl sites for hydroxylation is 2. The standard InChI is InChI=1S/C26H35N5O4/c1-15-24(23-16(2)31-35-17(23)3)29-26(30-25(15)28-19-9-10-21(12-19)33-5)18-7-6-8-22(11-18)34-14-20(32)13-27-4/h6-8,11,19-21,27,32H,9-10,12-14H2,1-5H3,(H,28,29,30)/t19-,20?,21-/m0/s1. The molecule has 3 aromatic rings. The van der Waals surface area contributed by atoms with E-state index in [-0.39, 0.29) is 18.8 Å². The Balaban J connectivity index is 1.70. The van der Waals surface area contributed by atoms with Crippen LogP contribution in [0.4, 0.5) is 5.82 Å². The third kappa shape index (κ3) is 5.80. The summed E-state index contributed by atoms with van der Waals surface area (Å²) in [5.41, 5.74) is 4.25. The molecule has 1 aliphatic rings. The zero-order valence-corrected chi connectivity index (χ0v) is 21.1. The highest BCUT2D eigenvalue weighted by Crippen LogP contribution is 2.35. The number of anilines is 1. The van der Waals surface area contributed by atoms with Crippen molar-refractivity contribution in [3.05, 3.63) is 41.3 Å². The molecule has 1 saturated carbocycles. The van der Waals surface area contributed by atoms with Crippen molar-refractivity contribution >= 4 is 5.82 Å². The van der Waals surface area contributed by atoms with E-state index in [1.807, 2.05) is 45.0 Å². The van der Waals surface area contributed by atoms with Gasteiger partial charge in [-0.2, -0.15) is 0 Å². The fourth-order valence-electron chi connectivity index (χ4n) is 4.54. The number of aromatic nitrogens is 3. The van der Waals surface area contributed by atoms with Crippen molar-refractivity contribution in [2.75, 3.05) is 32.6 Å². The molecule has 0 radical (unpaired) electrons.